The van der Waals surface area contributed by atoms with Gasteiger partial charge < -0.3 is 33.7 Å². The van der Waals surface area contributed by atoms with Crippen LogP contribution in [0.3, 0.4) is 0 Å². The van der Waals surface area contributed by atoms with Crippen LogP contribution in [-0.4, -0.2) is 77.9 Å². The van der Waals surface area contributed by atoms with Gasteiger partial charge in [-0.1, -0.05) is 53.5 Å². The maximum atomic E-state index is 14.6. The fourth-order valence-corrected chi connectivity index (χ4v) is 8.83. The van der Waals surface area contributed by atoms with Crippen molar-refractivity contribution in [1.82, 2.24) is 19.4 Å². The van der Waals surface area contributed by atoms with Gasteiger partial charge in [-0.3, -0.25) is 4.79 Å². The number of benzene rings is 4. The summed E-state index contributed by atoms with van der Waals surface area (Å²) >= 11 is 12.5. The second-order valence-electron chi connectivity index (χ2n) is 15.2. The lowest BCUT2D eigenvalue weighted by Crippen LogP contribution is -2.45. The van der Waals surface area contributed by atoms with Crippen LogP contribution in [-0.2, 0) is 29.9 Å². The maximum Gasteiger partial charge on any atom is 0.229 e. The van der Waals surface area contributed by atoms with E-state index in [0.717, 1.165) is 60.0 Å². The van der Waals surface area contributed by atoms with E-state index in [1.54, 1.807) is 33.5 Å². The van der Waals surface area contributed by atoms with Crippen LogP contribution in [0.1, 0.15) is 61.0 Å². The van der Waals surface area contributed by atoms with Gasteiger partial charge in [0.2, 0.25) is 11.7 Å². The number of hydrogen-bond acceptors (Lipinski definition) is 7. The van der Waals surface area contributed by atoms with Crippen molar-refractivity contribution in [2.45, 2.75) is 63.6 Å². The zero-order valence-electron chi connectivity index (χ0n) is 32.2. The van der Waals surface area contributed by atoms with Crippen LogP contribution in [0.15, 0.2) is 78.9 Å². The maximum absolute atomic E-state index is 14.6. The third kappa shape index (κ3) is 8.35. The molecule has 0 bridgehead atoms. The number of piperidine rings is 1. The number of methoxy groups -OCH3 is 3. The molecule has 12 heteroatoms. The Balaban J connectivity index is 1.06. The molecule has 1 atom stereocenters. The Labute approximate surface area is 337 Å². The van der Waals surface area contributed by atoms with Crippen molar-refractivity contribution in [2.24, 2.45) is 5.41 Å². The molecule has 0 spiro atoms. The molecular formula is C44H49Cl2FN4O5. The number of ether oxygens (including phenoxy) is 3. The van der Waals surface area contributed by atoms with E-state index in [4.69, 9.17) is 42.4 Å². The topological polar surface area (TPSA) is 89.3 Å². The molecule has 2 aliphatic rings. The molecular weight excluding hydrogens is 754 g/mol. The van der Waals surface area contributed by atoms with Gasteiger partial charge in [-0.25, -0.2) is 9.37 Å². The summed E-state index contributed by atoms with van der Waals surface area (Å²) in [6.07, 6.45) is 4.82. The summed E-state index contributed by atoms with van der Waals surface area (Å²) in [4.78, 5) is 23.8. The predicted molar refractivity (Wildman–Crippen MR) is 217 cm³/mol. The van der Waals surface area contributed by atoms with Gasteiger partial charge >= 0.3 is 0 Å². The lowest BCUT2D eigenvalue weighted by atomic mass is 9.77. The largest absolute Gasteiger partial charge is 0.493 e. The van der Waals surface area contributed by atoms with Crippen LogP contribution in [0.5, 0.6) is 17.2 Å². The van der Waals surface area contributed by atoms with Crippen molar-refractivity contribution < 1.29 is 28.5 Å². The number of hydrogen-bond donors (Lipinski definition) is 1. The van der Waals surface area contributed by atoms with Crippen molar-refractivity contribution in [1.29, 1.82) is 0 Å². The Morgan fingerprint density at radius 2 is 1.48 bits per heavy atom. The first-order chi connectivity index (χ1) is 27.0. The normalized spacial score (nSPS) is 18.5. The summed E-state index contributed by atoms with van der Waals surface area (Å²) in [6, 6.07) is 23.9. The first kappa shape index (κ1) is 39.9. The van der Waals surface area contributed by atoms with E-state index in [2.05, 4.69) is 9.47 Å². The zero-order valence-corrected chi connectivity index (χ0v) is 33.7. The molecule has 4 aromatic carbocycles. The minimum absolute atomic E-state index is 0.156. The van der Waals surface area contributed by atoms with E-state index < -0.39 is 11.0 Å². The lowest BCUT2D eigenvalue weighted by Gasteiger charge is -2.39. The number of rotatable bonds is 15. The molecule has 0 saturated carbocycles. The second-order valence-corrected chi connectivity index (χ2v) is 16.0. The minimum atomic E-state index is -1.13. The van der Waals surface area contributed by atoms with Crippen molar-refractivity contribution in [2.75, 3.05) is 47.5 Å². The number of para-hydroxylation sites is 2. The van der Waals surface area contributed by atoms with Crippen LogP contribution in [0.4, 0.5) is 4.39 Å². The molecule has 296 valence electrons. The van der Waals surface area contributed by atoms with Gasteiger partial charge in [-0.15, -0.1) is 0 Å². The summed E-state index contributed by atoms with van der Waals surface area (Å²) < 4.78 is 32.5. The van der Waals surface area contributed by atoms with Gasteiger partial charge in [0.1, 0.15) is 17.2 Å². The number of likely N-dealkylation sites (tertiary alicyclic amines) is 2. The van der Waals surface area contributed by atoms with Crippen molar-refractivity contribution in [3.63, 3.8) is 0 Å². The van der Waals surface area contributed by atoms with Crippen molar-refractivity contribution >= 4 is 40.1 Å². The Kier molecular flexibility index (Phi) is 12.1. The van der Waals surface area contributed by atoms with Gasteiger partial charge in [0.05, 0.1) is 47.8 Å². The van der Waals surface area contributed by atoms with Crippen LogP contribution in [0, 0.1) is 11.2 Å². The monoisotopic (exact) mass is 802 g/mol. The number of aliphatic hydroxyl groups is 1. The number of carbonyl (C=O) groups is 1. The molecule has 1 amide bonds. The van der Waals surface area contributed by atoms with Crippen LogP contribution < -0.4 is 14.2 Å². The highest BCUT2D eigenvalue weighted by atomic mass is 35.5. The lowest BCUT2D eigenvalue weighted by molar-refractivity contribution is -0.137. The van der Waals surface area contributed by atoms with Gasteiger partial charge in [-0.2, -0.15) is 0 Å². The summed E-state index contributed by atoms with van der Waals surface area (Å²) in [5, 5.41) is 13.3. The molecule has 1 unspecified atom stereocenters. The number of nitrogens with zero attached hydrogens (tertiary/aromatic N) is 4. The SMILES string of the molecule is COc1cc(CN2CCC(CCCc3ccc(Cl)c(Cl)c3)(CCN3CCC(O)(c4nc5ccccc5n4Cc4ccc(F)cc4)CC3)C2=O)cc(OC)c1OC. The molecule has 7 rings (SSSR count). The van der Waals surface area contributed by atoms with Gasteiger partial charge in [-0.05, 0) is 117 Å². The quantitative estimate of drug-likeness (QED) is 0.113. The van der Waals surface area contributed by atoms with E-state index in [1.807, 2.05) is 59.5 Å². The van der Waals surface area contributed by atoms with Crippen LogP contribution in [0.2, 0.25) is 10.0 Å². The first-order valence-electron chi connectivity index (χ1n) is 19.2. The molecule has 2 aliphatic heterocycles. The number of imidazole rings is 1. The smallest absolute Gasteiger partial charge is 0.229 e. The Morgan fingerprint density at radius 3 is 2.16 bits per heavy atom. The highest BCUT2D eigenvalue weighted by molar-refractivity contribution is 6.42. The number of carbonyl (C=O) groups excluding carboxylic acids is 1. The van der Waals surface area contributed by atoms with E-state index >= 15 is 0 Å². The Bertz CT molecular complexity index is 2150. The molecule has 2 saturated heterocycles. The molecule has 0 aliphatic carbocycles. The Morgan fingerprint density at radius 1 is 0.786 bits per heavy atom. The minimum Gasteiger partial charge on any atom is -0.493 e. The molecule has 2 fully saturated rings. The number of amides is 1. The molecule has 5 aromatic rings. The molecule has 9 nitrogen and oxygen atoms in total. The number of aryl methyl sites for hydroxylation is 1. The van der Waals surface area contributed by atoms with E-state index in [-0.39, 0.29) is 11.7 Å². The first-order valence-corrected chi connectivity index (χ1v) is 20.0. The number of halogens is 3. The highest BCUT2D eigenvalue weighted by Gasteiger charge is 2.46. The van der Waals surface area contributed by atoms with Crippen molar-refractivity contribution in [3.8, 4) is 17.2 Å². The third-order valence-electron chi connectivity index (χ3n) is 11.7. The third-order valence-corrected chi connectivity index (χ3v) is 12.5. The van der Waals surface area contributed by atoms with Gasteiger partial charge in [0, 0.05) is 32.7 Å². The molecule has 3 heterocycles. The van der Waals surface area contributed by atoms with Crippen LogP contribution in [0.25, 0.3) is 11.0 Å². The molecule has 1 N–H and O–H groups in total. The Hall–Kier alpha value is -4.35. The summed E-state index contributed by atoms with van der Waals surface area (Å²) in [5.74, 6) is 2.13. The van der Waals surface area contributed by atoms with Crippen molar-refractivity contribution in [3.05, 3.63) is 117 Å². The zero-order chi connectivity index (χ0) is 39.5. The molecule has 0 radical (unpaired) electrons. The summed E-state index contributed by atoms with van der Waals surface area (Å²) in [5.41, 5.74) is 3.01. The standard InChI is InChI=1S/C44H49Cl2FN4O5/c1-54-38-26-32(27-39(55-2)40(38)56-3)28-50-24-18-43(42(50)52,16-6-7-30-12-15-34(45)35(46)25-30)17-21-49-22-19-44(53,20-23-49)41-48-36-8-4-5-9-37(36)51(41)29-31-10-13-33(47)14-11-31/h4-5,8-15,25-27,53H,6-7,16-24,28-29H2,1-3H3. The average Bonchev–Trinajstić information content (AvgIpc) is 3.73. The number of fused-ring (bicyclic) bond motifs is 1. The summed E-state index contributed by atoms with van der Waals surface area (Å²) in [6.45, 7) is 3.62. The fourth-order valence-electron chi connectivity index (χ4n) is 8.51. The predicted octanol–water partition coefficient (Wildman–Crippen LogP) is 8.67. The van der Waals surface area contributed by atoms with Crippen LogP contribution >= 0.6 is 23.2 Å². The summed E-state index contributed by atoms with van der Waals surface area (Å²) in [7, 11) is 4.76. The number of aromatic nitrogens is 2. The average molecular weight is 804 g/mol. The van der Waals surface area contributed by atoms with E-state index in [9.17, 15) is 14.3 Å². The fraction of sp³-hybridized carbons (Fsp3) is 0.409. The second kappa shape index (κ2) is 17.0. The van der Waals surface area contributed by atoms with Gasteiger partial charge in [0.25, 0.3) is 0 Å². The van der Waals surface area contributed by atoms with Gasteiger partial charge in [0.15, 0.2) is 11.5 Å². The highest BCUT2D eigenvalue weighted by Crippen LogP contribution is 2.44. The molecule has 56 heavy (non-hydrogen) atoms. The van der Waals surface area contributed by atoms with E-state index in [0.29, 0.717) is 85.1 Å². The molecule has 1 aromatic heterocycles. The van der Waals surface area contributed by atoms with E-state index in [1.165, 1.54) is 12.1 Å².